The number of anilines is 1. The molecule has 0 atom stereocenters. The zero-order chi connectivity index (χ0) is 11.8. The number of fused-ring (bicyclic) bond motifs is 1. The van der Waals surface area contributed by atoms with E-state index < -0.39 is 0 Å². The van der Waals surface area contributed by atoms with Crippen LogP contribution in [0, 0.1) is 0 Å². The first-order valence-electron chi connectivity index (χ1n) is 5.14. The van der Waals surface area contributed by atoms with Gasteiger partial charge in [0.25, 0.3) is 0 Å². The highest BCUT2D eigenvalue weighted by atomic mass is 16.3. The Bertz CT molecular complexity index is 690. The van der Waals surface area contributed by atoms with Crippen LogP contribution in [0.3, 0.4) is 0 Å². The Morgan fingerprint density at radius 2 is 2.06 bits per heavy atom. The fourth-order valence-corrected chi connectivity index (χ4v) is 1.66. The Kier molecular flexibility index (Phi) is 1.98. The largest absolute Gasteiger partial charge is 0.508 e. The number of nitrogens with zero attached hydrogens (tertiary/aromatic N) is 3. The molecule has 0 fully saturated rings. The molecular weight excluding hydrogens is 216 g/mol. The van der Waals surface area contributed by atoms with Crippen molar-refractivity contribution in [2.24, 2.45) is 0 Å². The van der Waals surface area contributed by atoms with E-state index in [2.05, 4.69) is 10.1 Å². The Labute approximate surface area is 97.1 Å². The van der Waals surface area contributed by atoms with Crippen LogP contribution in [-0.2, 0) is 0 Å². The average Bonchev–Trinajstić information content (AvgIpc) is 2.72. The fourth-order valence-electron chi connectivity index (χ4n) is 1.66. The van der Waals surface area contributed by atoms with Crippen LogP contribution in [0.25, 0.3) is 17.0 Å². The molecule has 0 unspecified atom stereocenters. The Morgan fingerprint density at radius 3 is 2.88 bits per heavy atom. The summed E-state index contributed by atoms with van der Waals surface area (Å²) < 4.78 is 1.65. The van der Waals surface area contributed by atoms with E-state index in [4.69, 9.17) is 5.73 Å². The standard InChI is InChI=1S/C12H10N4O/c13-9-4-5-16-11(7-9)14-12(15-16)8-2-1-3-10(17)6-8/h1-7,17H,13H2. The number of benzene rings is 1. The van der Waals surface area contributed by atoms with Crippen molar-refractivity contribution in [1.82, 2.24) is 14.6 Å². The van der Waals surface area contributed by atoms with Crippen molar-refractivity contribution in [2.45, 2.75) is 0 Å². The van der Waals surface area contributed by atoms with Gasteiger partial charge in [-0.25, -0.2) is 9.50 Å². The first-order valence-corrected chi connectivity index (χ1v) is 5.14. The van der Waals surface area contributed by atoms with Crippen molar-refractivity contribution in [3.05, 3.63) is 42.6 Å². The van der Waals surface area contributed by atoms with Gasteiger partial charge in [-0.1, -0.05) is 12.1 Å². The summed E-state index contributed by atoms with van der Waals surface area (Å²) in [5.41, 5.74) is 7.77. The van der Waals surface area contributed by atoms with Crippen LogP contribution >= 0.6 is 0 Å². The lowest BCUT2D eigenvalue weighted by Crippen LogP contribution is -1.89. The number of hydrogen-bond acceptors (Lipinski definition) is 4. The molecule has 0 aliphatic heterocycles. The summed E-state index contributed by atoms with van der Waals surface area (Å²) in [5, 5.41) is 13.7. The van der Waals surface area contributed by atoms with Crippen LogP contribution in [-0.4, -0.2) is 19.7 Å². The van der Waals surface area contributed by atoms with E-state index in [1.165, 1.54) is 0 Å². The number of phenols is 1. The number of pyridine rings is 1. The number of nitrogen functional groups attached to an aromatic ring is 1. The molecule has 2 aromatic heterocycles. The van der Waals surface area contributed by atoms with Gasteiger partial charge in [-0.3, -0.25) is 0 Å². The second kappa shape index (κ2) is 3.48. The van der Waals surface area contributed by atoms with Gasteiger partial charge in [-0.15, -0.1) is 5.10 Å². The zero-order valence-corrected chi connectivity index (χ0v) is 8.91. The number of phenolic OH excluding ortho intramolecular Hbond substituents is 1. The molecule has 3 N–H and O–H groups in total. The van der Waals surface area contributed by atoms with Crippen molar-refractivity contribution >= 4 is 11.3 Å². The predicted octanol–water partition coefficient (Wildman–Crippen LogP) is 1.68. The zero-order valence-electron chi connectivity index (χ0n) is 8.91. The van der Waals surface area contributed by atoms with Crippen molar-refractivity contribution in [3.8, 4) is 17.1 Å². The minimum Gasteiger partial charge on any atom is -0.508 e. The molecule has 2 heterocycles. The van der Waals surface area contributed by atoms with Crippen LogP contribution in [0.5, 0.6) is 5.75 Å². The minimum atomic E-state index is 0.195. The number of rotatable bonds is 1. The lowest BCUT2D eigenvalue weighted by atomic mass is 10.2. The number of hydrogen-bond donors (Lipinski definition) is 2. The number of nitrogens with two attached hydrogens (primary N) is 1. The third kappa shape index (κ3) is 1.67. The summed E-state index contributed by atoms with van der Waals surface area (Å²) in [4.78, 5) is 4.35. The number of aromatic hydroxyl groups is 1. The number of aromatic nitrogens is 3. The van der Waals surface area contributed by atoms with Crippen LogP contribution in [0.4, 0.5) is 5.69 Å². The van der Waals surface area contributed by atoms with Crippen LogP contribution in [0.2, 0.25) is 0 Å². The van der Waals surface area contributed by atoms with Gasteiger partial charge in [0.1, 0.15) is 5.75 Å². The Hall–Kier alpha value is -2.56. The van der Waals surface area contributed by atoms with E-state index in [9.17, 15) is 5.11 Å². The van der Waals surface area contributed by atoms with E-state index in [-0.39, 0.29) is 5.75 Å². The highest BCUT2D eigenvalue weighted by Gasteiger charge is 2.06. The fraction of sp³-hybridized carbons (Fsp3) is 0. The first-order chi connectivity index (χ1) is 8.22. The molecule has 17 heavy (non-hydrogen) atoms. The summed E-state index contributed by atoms with van der Waals surface area (Å²) in [5.74, 6) is 0.757. The van der Waals surface area contributed by atoms with E-state index in [0.29, 0.717) is 17.2 Å². The molecule has 0 aliphatic carbocycles. The van der Waals surface area contributed by atoms with Gasteiger partial charge >= 0.3 is 0 Å². The third-order valence-electron chi connectivity index (χ3n) is 2.47. The summed E-state index contributed by atoms with van der Waals surface area (Å²) >= 11 is 0. The second-order valence-corrected chi connectivity index (χ2v) is 3.75. The molecule has 0 saturated carbocycles. The molecule has 5 nitrogen and oxygen atoms in total. The van der Waals surface area contributed by atoms with Gasteiger partial charge in [0, 0.05) is 23.5 Å². The lowest BCUT2D eigenvalue weighted by Gasteiger charge is -1.94. The third-order valence-corrected chi connectivity index (χ3v) is 2.47. The molecule has 84 valence electrons. The van der Waals surface area contributed by atoms with Gasteiger partial charge in [0.15, 0.2) is 11.5 Å². The maximum atomic E-state index is 9.41. The molecule has 0 spiro atoms. The van der Waals surface area contributed by atoms with E-state index in [0.717, 1.165) is 5.56 Å². The van der Waals surface area contributed by atoms with Crippen LogP contribution in [0.1, 0.15) is 0 Å². The van der Waals surface area contributed by atoms with Crippen LogP contribution < -0.4 is 5.73 Å². The average molecular weight is 226 g/mol. The normalized spacial score (nSPS) is 10.8. The highest BCUT2D eigenvalue weighted by molar-refractivity contribution is 5.61. The molecule has 5 heteroatoms. The van der Waals surface area contributed by atoms with Gasteiger partial charge < -0.3 is 10.8 Å². The summed E-state index contributed by atoms with van der Waals surface area (Å²) in [6.45, 7) is 0. The molecule has 0 amide bonds. The van der Waals surface area contributed by atoms with Crippen molar-refractivity contribution in [3.63, 3.8) is 0 Å². The summed E-state index contributed by atoms with van der Waals surface area (Å²) in [7, 11) is 0. The molecule has 3 rings (SSSR count). The molecule has 0 aliphatic rings. The van der Waals surface area contributed by atoms with E-state index in [1.807, 2.05) is 6.07 Å². The van der Waals surface area contributed by atoms with Crippen LogP contribution in [0.15, 0.2) is 42.6 Å². The van der Waals surface area contributed by atoms with Crippen molar-refractivity contribution < 1.29 is 5.11 Å². The first kappa shape index (κ1) is 9.65. The van der Waals surface area contributed by atoms with Crippen molar-refractivity contribution in [1.29, 1.82) is 0 Å². The second-order valence-electron chi connectivity index (χ2n) is 3.75. The SMILES string of the molecule is Nc1ccn2nc(-c3cccc(O)c3)nc2c1. The highest BCUT2D eigenvalue weighted by Crippen LogP contribution is 2.21. The van der Waals surface area contributed by atoms with Gasteiger partial charge in [0.2, 0.25) is 0 Å². The minimum absolute atomic E-state index is 0.195. The molecular formula is C12H10N4O. The summed E-state index contributed by atoms with van der Waals surface area (Å²) in [6.07, 6.45) is 1.75. The Morgan fingerprint density at radius 1 is 1.18 bits per heavy atom. The predicted molar refractivity (Wildman–Crippen MR) is 64.5 cm³/mol. The van der Waals surface area contributed by atoms with Crippen molar-refractivity contribution in [2.75, 3.05) is 5.73 Å². The van der Waals surface area contributed by atoms with Gasteiger partial charge in [-0.2, -0.15) is 0 Å². The molecule has 0 radical (unpaired) electrons. The quantitative estimate of drug-likeness (QED) is 0.662. The van der Waals surface area contributed by atoms with Gasteiger partial charge in [0.05, 0.1) is 0 Å². The topological polar surface area (TPSA) is 76.4 Å². The molecule has 0 bridgehead atoms. The maximum Gasteiger partial charge on any atom is 0.182 e. The maximum absolute atomic E-state index is 9.41. The molecule has 3 aromatic rings. The monoisotopic (exact) mass is 226 g/mol. The van der Waals surface area contributed by atoms with E-state index in [1.54, 1.807) is 41.0 Å². The smallest absolute Gasteiger partial charge is 0.182 e. The molecule has 1 aromatic carbocycles. The summed E-state index contributed by atoms with van der Waals surface area (Å²) in [6, 6.07) is 10.3. The lowest BCUT2D eigenvalue weighted by molar-refractivity contribution is 0.475. The van der Waals surface area contributed by atoms with Gasteiger partial charge in [-0.05, 0) is 18.2 Å². The van der Waals surface area contributed by atoms with E-state index >= 15 is 0 Å². The molecule has 0 saturated heterocycles. The Balaban J connectivity index is 2.18.